The number of rotatable bonds is 7. The van der Waals surface area contributed by atoms with Crippen molar-refractivity contribution in [1.82, 2.24) is 10.3 Å². The first-order valence-corrected chi connectivity index (χ1v) is 7.99. The van der Waals surface area contributed by atoms with Crippen molar-refractivity contribution in [2.75, 3.05) is 20.3 Å². The number of hydrogen-bond acceptors (Lipinski definition) is 5. The number of nitrogens with one attached hydrogen (secondary N) is 1. The molecule has 0 saturated heterocycles. The average Bonchev–Trinajstić information content (AvgIpc) is 2.98. The molecule has 0 bridgehead atoms. The van der Waals surface area contributed by atoms with Crippen LogP contribution in [0.2, 0.25) is 0 Å². The molecular weight excluding hydrogens is 316 g/mol. The summed E-state index contributed by atoms with van der Waals surface area (Å²) in [7, 11) is 1.63. The quantitative estimate of drug-likeness (QED) is 0.758. The Hall–Kier alpha value is -2.12. The monoisotopic (exact) mass is 336 g/mol. The van der Waals surface area contributed by atoms with E-state index in [-0.39, 0.29) is 0 Å². The van der Waals surface area contributed by atoms with Crippen LogP contribution in [0, 0.1) is 0 Å². The lowest BCUT2D eigenvalue weighted by Crippen LogP contribution is -2.40. The van der Waals surface area contributed by atoms with Gasteiger partial charge in [0.05, 0.1) is 17.8 Å². The van der Waals surface area contributed by atoms with Gasteiger partial charge in [-0.05, 0) is 38.1 Å². The van der Waals surface area contributed by atoms with Crippen molar-refractivity contribution >= 4 is 17.4 Å². The van der Waals surface area contributed by atoms with Crippen molar-refractivity contribution in [2.45, 2.75) is 19.4 Å². The summed E-state index contributed by atoms with van der Waals surface area (Å²) in [5, 5.41) is 14.1. The number of thiazole rings is 1. The van der Waals surface area contributed by atoms with Gasteiger partial charge in [-0.15, -0.1) is 11.3 Å². The maximum Gasteiger partial charge on any atom is 0.405 e. The predicted molar refractivity (Wildman–Crippen MR) is 89.1 cm³/mol. The lowest BCUT2D eigenvalue weighted by atomic mass is 10.0. The van der Waals surface area contributed by atoms with Crippen LogP contribution in [0.3, 0.4) is 0 Å². The van der Waals surface area contributed by atoms with Gasteiger partial charge in [-0.3, -0.25) is 0 Å². The summed E-state index contributed by atoms with van der Waals surface area (Å²) in [5.74, 6) is 0.774. The van der Waals surface area contributed by atoms with Gasteiger partial charge in [0.2, 0.25) is 0 Å². The number of ether oxygens (including phenoxy) is 2. The van der Waals surface area contributed by atoms with Crippen LogP contribution in [-0.2, 0) is 10.3 Å². The first-order chi connectivity index (χ1) is 10.9. The minimum Gasteiger partial charge on any atom is -0.491 e. The zero-order valence-corrected chi connectivity index (χ0v) is 14.1. The van der Waals surface area contributed by atoms with Crippen LogP contribution in [0.1, 0.15) is 19.5 Å². The molecule has 1 aromatic heterocycles. The maximum absolute atomic E-state index is 10.9. The van der Waals surface area contributed by atoms with Crippen LogP contribution in [0.4, 0.5) is 4.79 Å². The molecule has 0 aliphatic heterocycles. The molecule has 7 heteroatoms. The van der Waals surface area contributed by atoms with E-state index in [1.807, 2.05) is 29.6 Å². The second-order valence-electron chi connectivity index (χ2n) is 5.46. The fourth-order valence-electron chi connectivity index (χ4n) is 1.96. The Morgan fingerprint density at radius 3 is 2.61 bits per heavy atom. The number of aromatic nitrogens is 1. The summed E-state index contributed by atoms with van der Waals surface area (Å²) in [6, 6.07) is 7.63. The Morgan fingerprint density at radius 2 is 2.00 bits per heavy atom. The van der Waals surface area contributed by atoms with E-state index in [2.05, 4.69) is 10.3 Å². The number of carbonyl (C=O) groups is 1. The molecule has 2 rings (SSSR count). The molecule has 1 amide bonds. The van der Waals surface area contributed by atoms with Crippen molar-refractivity contribution in [2.24, 2.45) is 0 Å². The Kier molecular flexibility index (Phi) is 5.57. The van der Waals surface area contributed by atoms with Gasteiger partial charge >= 0.3 is 6.09 Å². The molecule has 0 aliphatic carbocycles. The van der Waals surface area contributed by atoms with Gasteiger partial charge in [-0.25, -0.2) is 9.78 Å². The number of benzene rings is 1. The molecule has 1 aromatic carbocycles. The zero-order chi connectivity index (χ0) is 16.9. The van der Waals surface area contributed by atoms with Gasteiger partial charge in [0.15, 0.2) is 0 Å². The third-order valence-electron chi connectivity index (χ3n) is 3.22. The highest BCUT2D eigenvalue weighted by Gasteiger charge is 2.25. The molecule has 2 N–H and O–H groups in total. The van der Waals surface area contributed by atoms with E-state index < -0.39 is 11.6 Å². The van der Waals surface area contributed by atoms with Crippen LogP contribution in [0.25, 0.3) is 10.6 Å². The zero-order valence-electron chi connectivity index (χ0n) is 13.3. The predicted octanol–water partition coefficient (Wildman–Crippen LogP) is 3.34. The van der Waals surface area contributed by atoms with E-state index in [0.29, 0.717) is 18.9 Å². The van der Waals surface area contributed by atoms with E-state index >= 15 is 0 Å². The molecule has 0 fully saturated rings. The van der Waals surface area contributed by atoms with Crippen molar-refractivity contribution in [3.63, 3.8) is 0 Å². The van der Waals surface area contributed by atoms with E-state index in [1.54, 1.807) is 21.0 Å². The first kappa shape index (κ1) is 17.2. The largest absolute Gasteiger partial charge is 0.491 e. The molecule has 23 heavy (non-hydrogen) atoms. The normalized spacial score (nSPS) is 11.3. The third-order valence-corrected chi connectivity index (χ3v) is 4.11. The number of methoxy groups -OCH3 is 1. The van der Waals surface area contributed by atoms with Gasteiger partial charge < -0.3 is 19.9 Å². The summed E-state index contributed by atoms with van der Waals surface area (Å²) in [6.45, 7) is 4.62. The third kappa shape index (κ3) is 4.67. The Bertz CT molecular complexity index is 652. The van der Waals surface area contributed by atoms with Crippen LogP contribution in [0.15, 0.2) is 29.6 Å². The molecule has 6 nitrogen and oxygen atoms in total. The van der Waals surface area contributed by atoms with Crippen molar-refractivity contribution in [3.05, 3.63) is 35.3 Å². The highest BCUT2D eigenvalue weighted by atomic mass is 32.1. The minimum absolute atomic E-state index is 0.506. The number of carboxylic acid groups (broad SMARTS) is 1. The molecule has 2 aromatic rings. The fourth-order valence-corrected chi connectivity index (χ4v) is 2.96. The highest BCUT2D eigenvalue weighted by Crippen LogP contribution is 2.29. The summed E-state index contributed by atoms with van der Waals surface area (Å²) in [6.07, 6.45) is -1.07. The van der Waals surface area contributed by atoms with E-state index in [9.17, 15) is 4.79 Å². The van der Waals surface area contributed by atoms with Gasteiger partial charge in [0, 0.05) is 18.1 Å². The molecule has 0 aliphatic rings. The molecule has 0 spiro atoms. The Morgan fingerprint density at radius 1 is 1.30 bits per heavy atom. The molecule has 1 heterocycles. The first-order valence-electron chi connectivity index (χ1n) is 7.11. The molecule has 0 saturated carbocycles. The number of amides is 1. The number of hydrogen-bond donors (Lipinski definition) is 2. The smallest absolute Gasteiger partial charge is 0.405 e. The Labute approximate surface area is 139 Å². The SMILES string of the molecule is COCCOc1ccc(-c2nc(C(C)(C)NC(=O)O)cs2)cc1. The summed E-state index contributed by atoms with van der Waals surface area (Å²) < 4.78 is 10.5. The summed E-state index contributed by atoms with van der Waals surface area (Å²) in [5.41, 5.74) is 0.927. The van der Waals surface area contributed by atoms with Gasteiger partial charge in [-0.2, -0.15) is 0 Å². The minimum atomic E-state index is -1.07. The molecule has 0 atom stereocenters. The molecule has 0 unspecified atom stereocenters. The lowest BCUT2D eigenvalue weighted by Gasteiger charge is -2.21. The molecular formula is C16H20N2O4S. The van der Waals surface area contributed by atoms with Crippen molar-refractivity contribution in [1.29, 1.82) is 0 Å². The average molecular weight is 336 g/mol. The van der Waals surface area contributed by atoms with Gasteiger partial charge in [0.1, 0.15) is 17.4 Å². The van der Waals surface area contributed by atoms with Gasteiger partial charge in [0.25, 0.3) is 0 Å². The van der Waals surface area contributed by atoms with Crippen LogP contribution in [0.5, 0.6) is 5.75 Å². The number of nitrogens with zero attached hydrogens (tertiary/aromatic N) is 1. The topological polar surface area (TPSA) is 80.7 Å². The second kappa shape index (κ2) is 7.43. The van der Waals surface area contributed by atoms with Gasteiger partial charge in [-0.1, -0.05) is 0 Å². The second-order valence-corrected chi connectivity index (χ2v) is 6.32. The van der Waals surface area contributed by atoms with E-state index in [0.717, 1.165) is 16.3 Å². The highest BCUT2D eigenvalue weighted by molar-refractivity contribution is 7.13. The van der Waals surface area contributed by atoms with Crippen LogP contribution in [-0.4, -0.2) is 36.5 Å². The Balaban J connectivity index is 2.09. The van der Waals surface area contributed by atoms with E-state index in [4.69, 9.17) is 14.6 Å². The van der Waals surface area contributed by atoms with Crippen molar-refractivity contribution < 1.29 is 19.4 Å². The standard InChI is InChI=1S/C16H20N2O4S/c1-16(2,18-15(19)20)13-10-23-14(17-13)11-4-6-12(7-5-11)22-9-8-21-3/h4-7,10,18H,8-9H2,1-3H3,(H,19,20). The molecule has 124 valence electrons. The summed E-state index contributed by atoms with van der Waals surface area (Å²) in [4.78, 5) is 15.4. The lowest BCUT2D eigenvalue weighted by molar-refractivity contribution is 0.146. The van der Waals surface area contributed by atoms with Crippen LogP contribution < -0.4 is 10.1 Å². The summed E-state index contributed by atoms with van der Waals surface area (Å²) >= 11 is 1.48. The van der Waals surface area contributed by atoms with Crippen LogP contribution >= 0.6 is 11.3 Å². The molecule has 0 radical (unpaired) electrons. The maximum atomic E-state index is 10.9. The van der Waals surface area contributed by atoms with Crippen molar-refractivity contribution in [3.8, 4) is 16.3 Å². The fraction of sp³-hybridized carbons (Fsp3) is 0.375. The van der Waals surface area contributed by atoms with E-state index in [1.165, 1.54) is 11.3 Å².